The van der Waals surface area contributed by atoms with Gasteiger partial charge >= 0.3 is 0 Å². The lowest BCUT2D eigenvalue weighted by Gasteiger charge is -2.13. The molecule has 0 aromatic carbocycles. The summed E-state index contributed by atoms with van der Waals surface area (Å²) in [4.78, 5) is 0. The fourth-order valence-corrected chi connectivity index (χ4v) is 0.571. The van der Waals surface area contributed by atoms with E-state index in [-0.39, 0.29) is 13.0 Å². The summed E-state index contributed by atoms with van der Waals surface area (Å²) in [6.07, 6.45) is -1.47. The van der Waals surface area contributed by atoms with Gasteiger partial charge in [-0.25, -0.2) is 0 Å². The Morgan fingerprint density at radius 2 is 1.90 bits per heavy atom. The molecule has 0 aliphatic carbocycles. The molecule has 0 aliphatic heterocycles. The minimum Gasteiger partial charge on any atom is -0.396 e. The van der Waals surface area contributed by atoms with Gasteiger partial charge in [-0.2, -0.15) is 0 Å². The maximum Gasteiger partial charge on any atom is 0.111 e. The molecule has 61 valence electrons. The Kier molecular flexibility index (Phi) is 5.52. The largest absolute Gasteiger partial charge is 0.396 e. The second-order valence-corrected chi connectivity index (χ2v) is 2.07. The Labute approximate surface area is 59.7 Å². The highest BCUT2D eigenvalue weighted by molar-refractivity contribution is 4.72. The highest BCUT2D eigenvalue weighted by Crippen LogP contribution is 2.02. The predicted molar refractivity (Wildman–Crippen MR) is 34.6 cm³/mol. The van der Waals surface area contributed by atoms with Gasteiger partial charge in [0.15, 0.2) is 0 Å². The Hall–Kier alpha value is -0.160. The van der Waals surface area contributed by atoms with Gasteiger partial charge in [-0.05, 0) is 12.8 Å². The van der Waals surface area contributed by atoms with E-state index in [1.807, 2.05) is 0 Å². The first kappa shape index (κ1) is 9.84. The molecular weight excluding hydrogens is 136 g/mol. The summed E-state index contributed by atoms with van der Waals surface area (Å²) < 4.78 is 0. The fourth-order valence-electron chi connectivity index (χ4n) is 0.571. The van der Waals surface area contributed by atoms with E-state index in [1.54, 1.807) is 0 Å². The van der Waals surface area contributed by atoms with Gasteiger partial charge in [0.1, 0.15) is 12.7 Å². The third-order valence-corrected chi connectivity index (χ3v) is 1.20. The smallest absolute Gasteiger partial charge is 0.111 e. The van der Waals surface area contributed by atoms with Crippen molar-refractivity contribution in [3.63, 3.8) is 0 Å². The van der Waals surface area contributed by atoms with Crippen molar-refractivity contribution >= 4 is 0 Å². The van der Waals surface area contributed by atoms with Crippen LogP contribution < -0.4 is 0 Å². The molecule has 10 heavy (non-hydrogen) atoms. The van der Waals surface area contributed by atoms with E-state index in [4.69, 9.17) is 20.4 Å². The fraction of sp³-hybridized carbons (Fsp3) is 0.833. The van der Waals surface area contributed by atoms with Crippen molar-refractivity contribution in [2.45, 2.75) is 25.0 Å². The van der Waals surface area contributed by atoms with E-state index >= 15 is 0 Å². The van der Waals surface area contributed by atoms with E-state index in [0.717, 1.165) is 0 Å². The van der Waals surface area contributed by atoms with E-state index in [1.165, 1.54) is 0 Å². The second kappa shape index (κ2) is 5.61. The van der Waals surface area contributed by atoms with Gasteiger partial charge < -0.3 is 20.4 Å². The van der Waals surface area contributed by atoms with Crippen molar-refractivity contribution in [3.05, 3.63) is 6.61 Å². The summed E-state index contributed by atoms with van der Waals surface area (Å²) in [5.41, 5.74) is 0. The van der Waals surface area contributed by atoms with Gasteiger partial charge in [-0.3, -0.25) is 0 Å². The van der Waals surface area contributed by atoms with Crippen LogP contribution in [-0.4, -0.2) is 39.2 Å². The van der Waals surface area contributed by atoms with Gasteiger partial charge in [-0.15, -0.1) is 0 Å². The molecule has 4 nitrogen and oxygen atoms in total. The van der Waals surface area contributed by atoms with Gasteiger partial charge in [0.05, 0.1) is 6.10 Å². The van der Waals surface area contributed by atoms with Crippen LogP contribution in [0.2, 0.25) is 0 Å². The minimum absolute atomic E-state index is 0.0186. The predicted octanol–water partition coefficient (Wildman–Crippen LogP) is -0.985. The van der Waals surface area contributed by atoms with Crippen molar-refractivity contribution in [2.24, 2.45) is 0 Å². The van der Waals surface area contributed by atoms with Crippen LogP contribution in [0.25, 0.3) is 0 Å². The summed E-state index contributed by atoms with van der Waals surface area (Å²) in [7, 11) is 0. The normalized spacial score (nSPS) is 16.8. The van der Waals surface area contributed by atoms with Crippen LogP contribution in [0.15, 0.2) is 0 Å². The van der Waals surface area contributed by atoms with Crippen molar-refractivity contribution in [1.29, 1.82) is 0 Å². The SMILES string of the molecule is O[CH]C(O)C(O)CCCO. The first-order chi connectivity index (χ1) is 4.72. The topological polar surface area (TPSA) is 80.9 Å². The molecule has 2 atom stereocenters. The zero-order valence-electron chi connectivity index (χ0n) is 5.64. The number of aliphatic hydroxyl groups excluding tert-OH is 4. The molecule has 2 unspecified atom stereocenters. The zero-order chi connectivity index (χ0) is 7.98. The van der Waals surface area contributed by atoms with Crippen molar-refractivity contribution < 1.29 is 20.4 Å². The number of rotatable bonds is 5. The lowest BCUT2D eigenvalue weighted by atomic mass is 10.1. The number of hydrogen-bond donors (Lipinski definition) is 4. The number of aliphatic hydroxyl groups is 4. The van der Waals surface area contributed by atoms with Gasteiger partial charge in [0.25, 0.3) is 0 Å². The molecule has 0 heterocycles. The minimum atomic E-state index is -1.20. The maximum atomic E-state index is 8.90. The van der Waals surface area contributed by atoms with Crippen LogP contribution in [0.1, 0.15) is 12.8 Å². The summed E-state index contributed by atoms with van der Waals surface area (Å²) in [6.45, 7) is 0.511. The third-order valence-electron chi connectivity index (χ3n) is 1.20. The molecule has 0 aromatic rings. The average Bonchev–Trinajstić information content (AvgIpc) is 1.98. The van der Waals surface area contributed by atoms with Crippen molar-refractivity contribution in [1.82, 2.24) is 0 Å². The molecule has 0 saturated carbocycles. The van der Waals surface area contributed by atoms with Crippen LogP contribution in [0, 0.1) is 6.61 Å². The summed E-state index contributed by atoms with van der Waals surface area (Å²) in [6, 6.07) is 0. The molecule has 0 aliphatic rings. The molecule has 0 amide bonds. The monoisotopic (exact) mass is 149 g/mol. The molecule has 4 N–H and O–H groups in total. The second-order valence-electron chi connectivity index (χ2n) is 2.07. The van der Waals surface area contributed by atoms with E-state index in [9.17, 15) is 0 Å². The first-order valence-corrected chi connectivity index (χ1v) is 3.17. The van der Waals surface area contributed by atoms with E-state index in [2.05, 4.69) is 0 Å². The van der Waals surface area contributed by atoms with Crippen LogP contribution in [0.3, 0.4) is 0 Å². The van der Waals surface area contributed by atoms with Gasteiger partial charge in [-0.1, -0.05) is 0 Å². The van der Waals surface area contributed by atoms with Crippen LogP contribution in [-0.2, 0) is 0 Å². The Balaban J connectivity index is 3.31. The Morgan fingerprint density at radius 1 is 1.30 bits per heavy atom. The molecule has 0 spiro atoms. The lowest BCUT2D eigenvalue weighted by molar-refractivity contribution is 0.00602. The standard InChI is InChI=1S/C6H13O4/c7-3-1-2-5(9)6(10)4-8/h4-10H,1-3H2. The van der Waals surface area contributed by atoms with E-state index in [0.29, 0.717) is 13.0 Å². The molecule has 0 aromatic heterocycles. The van der Waals surface area contributed by atoms with Crippen molar-refractivity contribution in [2.75, 3.05) is 6.61 Å². The van der Waals surface area contributed by atoms with Crippen LogP contribution >= 0.6 is 0 Å². The van der Waals surface area contributed by atoms with Gasteiger partial charge in [0, 0.05) is 6.61 Å². The molecule has 0 rings (SSSR count). The third kappa shape index (κ3) is 3.79. The molecule has 4 heteroatoms. The Bertz CT molecular complexity index is 76.1. The summed E-state index contributed by atoms with van der Waals surface area (Å²) in [5.74, 6) is 0. The molecule has 0 bridgehead atoms. The van der Waals surface area contributed by atoms with E-state index < -0.39 is 12.2 Å². The molecule has 1 radical (unpaired) electrons. The molecule has 0 fully saturated rings. The quantitative estimate of drug-likeness (QED) is 0.405. The van der Waals surface area contributed by atoms with Gasteiger partial charge in [0.2, 0.25) is 0 Å². The highest BCUT2D eigenvalue weighted by atomic mass is 16.4. The average molecular weight is 149 g/mol. The lowest BCUT2D eigenvalue weighted by Crippen LogP contribution is -2.26. The first-order valence-electron chi connectivity index (χ1n) is 3.17. The van der Waals surface area contributed by atoms with Crippen LogP contribution in [0.5, 0.6) is 0 Å². The summed E-state index contributed by atoms with van der Waals surface area (Å²) in [5, 5.41) is 34.1. The molecule has 0 saturated heterocycles. The Morgan fingerprint density at radius 3 is 2.30 bits per heavy atom. The van der Waals surface area contributed by atoms with Crippen molar-refractivity contribution in [3.8, 4) is 0 Å². The van der Waals surface area contributed by atoms with Crippen LogP contribution in [0.4, 0.5) is 0 Å². The number of hydrogen-bond acceptors (Lipinski definition) is 4. The summed E-state index contributed by atoms with van der Waals surface area (Å²) >= 11 is 0. The molecular formula is C6H13O4. The zero-order valence-corrected chi connectivity index (χ0v) is 5.64. The highest BCUT2D eigenvalue weighted by Gasteiger charge is 2.14. The maximum absolute atomic E-state index is 8.90.